The number of hydrogen-bond donors (Lipinski definition) is 1. The molecule has 18 heavy (non-hydrogen) atoms. The summed E-state index contributed by atoms with van der Waals surface area (Å²) in [6.45, 7) is 0.453. The van der Waals surface area contributed by atoms with Gasteiger partial charge in [0.1, 0.15) is 15.9 Å². The Morgan fingerprint density at radius 1 is 1.33 bits per heavy atom. The van der Waals surface area contributed by atoms with Crippen molar-refractivity contribution in [1.29, 1.82) is 0 Å². The van der Waals surface area contributed by atoms with Crippen LogP contribution in [0, 0.1) is 0 Å². The van der Waals surface area contributed by atoms with Gasteiger partial charge in [-0.3, -0.25) is 4.79 Å². The summed E-state index contributed by atoms with van der Waals surface area (Å²) in [5, 5.41) is 9.02. The maximum atomic E-state index is 11.9. The minimum absolute atomic E-state index is 0.0374. The molecule has 1 rings (SSSR count). The van der Waals surface area contributed by atoms with Crippen molar-refractivity contribution in [3.8, 4) is 0 Å². The molecule has 1 aliphatic rings. The van der Waals surface area contributed by atoms with E-state index in [0.717, 1.165) is 19.1 Å². The summed E-state index contributed by atoms with van der Waals surface area (Å²) >= 11 is 0. The largest absolute Gasteiger partial charge is 0.480 e. The summed E-state index contributed by atoms with van der Waals surface area (Å²) < 4.78 is 21.9. The van der Waals surface area contributed by atoms with Gasteiger partial charge in [-0.2, -0.15) is 0 Å². The van der Waals surface area contributed by atoms with Crippen molar-refractivity contribution >= 4 is 21.7 Å². The summed E-state index contributed by atoms with van der Waals surface area (Å²) in [4.78, 5) is 24.2. The zero-order chi connectivity index (χ0) is 13.8. The minimum atomic E-state index is -3.07. The van der Waals surface area contributed by atoms with Crippen LogP contribution in [0.15, 0.2) is 0 Å². The molecule has 0 spiro atoms. The van der Waals surface area contributed by atoms with E-state index in [0.29, 0.717) is 13.0 Å². The van der Waals surface area contributed by atoms with Crippen molar-refractivity contribution < 1.29 is 23.1 Å². The van der Waals surface area contributed by atoms with Crippen LogP contribution in [-0.2, 0) is 19.4 Å². The van der Waals surface area contributed by atoms with Gasteiger partial charge in [0.05, 0.1) is 5.75 Å². The topological polar surface area (TPSA) is 91.8 Å². The summed E-state index contributed by atoms with van der Waals surface area (Å²) in [7, 11) is -3.07. The molecule has 0 aromatic heterocycles. The molecule has 0 aromatic carbocycles. The molecule has 1 N–H and O–H groups in total. The predicted octanol–water partition coefficient (Wildman–Crippen LogP) is 0.277. The van der Waals surface area contributed by atoms with Crippen LogP contribution in [-0.4, -0.2) is 54.9 Å². The number of carbonyl (C=O) groups excluding carboxylic acids is 1. The highest BCUT2D eigenvalue weighted by molar-refractivity contribution is 7.90. The van der Waals surface area contributed by atoms with Gasteiger partial charge in [-0.05, 0) is 25.7 Å². The number of carboxylic acid groups (broad SMARTS) is 1. The fourth-order valence-corrected chi connectivity index (χ4v) is 2.78. The highest BCUT2D eigenvalue weighted by atomic mass is 32.2. The molecule has 0 aromatic rings. The van der Waals surface area contributed by atoms with Crippen molar-refractivity contribution in [2.75, 3.05) is 18.6 Å². The third-order valence-corrected chi connectivity index (χ3v) is 4.04. The number of amides is 1. The van der Waals surface area contributed by atoms with E-state index in [2.05, 4.69) is 0 Å². The van der Waals surface area contributed by atoms with E-state index in [4.69, 9.17) is 5.11 Å². The Morgan fingerprint density at radius 2 is 2.00 bits per heavy atom. The molecule has 0 bridgehead atoms. The second-order valence-corrected chi connectivity index (χ2v) is 6.93. The first-order valence-corrected chi connectivity index (χ1v) is 8.07. The first-order valence-electron chi connectivity index (χ1n) is 6.01. The number of carboxylic acids is 1. The third kappa shape index (κ3) is 4.64. The standard InChI is InChI=1S/C11H19NO5S/c1-18(16,17)8-4-6-10(13)12-7-3-2-5-9(12)11(14)15/h9H,2-8H2,1H3,(H,14,15)/t9-/m1/s1. The fourth-order valence-electron chi connectivity index (χ4n) is 2.12. The van der Waals surface area contributed by atoms with Crippen LogP contribution in [0.2, 0.25) is 0 Å². The van der Waals surface area contributed by atoms with Crippen LogP contribution in [0.1, 0.15) is 32.1 Å². The molecule has 1 aliphatic heterocycles. The molecule has 1 atom stereocenters. The lowest BCUT2D eigenvalue weighted by Gasteiger charge is -2.33. The number of carbonyl (C=O) groups is 2. The molecule has 1 saturated heterocycles. The molecule has 0 saturated carbocycles. The van der Waals surface area contributed by atoms with Gasteiger partial charge in [0.2, 0.25) is 5.91 Å². The molecular formula is C11H19NO5S. The molecular weight excluding hydrogens is 258 g/mol. The van der Waals surface area contributed by atoms with Crippen LogP contribution < -0.4 is 0 Å². The molecule has 104 valence electrons. The predicted molar refractivity (Wildman–Crippen MR) is 65.9 cm³/mol. The molecule has 6 nitrogen and oxygen atoms in total. The van der Waals surface area contributed by atoms with E-state index < -0.39 is 21.8 Å². The Hall–Kier alpha value is -1.11. The van der Waals surface area contributed by atoms with Crippen LogP contribution >= 0.6 is 0 Å². The first kappa shape index (κ1) is 14.9. The van der Waals surface area contributed by atoms with Crippen LogP contribution in [0.3, 0.4) is 0 Å². The number of sulfone groups is 1. The highest BCUT2D eigenvalue weighted by Gasteiger charge is 2.31. The van der Waals surface area contributed by atoms with Gasteiger partial charge in [0.25, 0.3) is 0 Å². The molecule has 0 unspecified atom stereocenters. The van der Waals surface area contributed by atoms with Crippen molar-refractivity contribution in [3.63, 3.8) is 0 Å². The second kappa shape index (κ2) is 6.17. The molecule has 7 heteroatoms. The number of piperidine rings is 1. The first-order chi connectivity index (χ1) is 8.31. The van der Waals surface area contributed by atoms with Crippen LogP contribution in [0.5, 0.6) is 0 Å². The zero-order valence-electron chi connectivity index (χ0n) is 10.5. The summed E-state index contributed by atoms with van der Waals surface area (Å²) in [5.74, 6) is -1.28. The van der Waals surface area contributed by atoms with E-state index in [1.807, 2.05) is 0 Å². The lowest BCUT2D eigenvalue weighted by molar-refractivity contribution is -0.152. The molecule has 0 radical (unpaired) electrons. The average Bonchev–Trinajstić information content (AvgIpc) is 2.27. The Balaban J connectivity index is 2.51. The zero-order valence-corrected chi connectivity index (χ0v) is 11.3. The van der Waals surface area contributed by atoms with E-state index in [1.165, 1.54) is 4.90 Å². The highest BCUT2D eigenvalue weighted by Crippen LogP contribution is 2.18. The number of rotatable bonds is 5. The van der Waals surface area contributed by atoms with Gasteiger partial charge < -0.3 is 10.0 Å². The summed E-state index contributed by atoms with van der Waals surface area (Å²) in [6, 6.07) is -0.746. The number of hydrogen-bond acceptors (Lipinski definition) is 4. The van der Waals surface area contributed by atoms with Gasteiger partial charge in [-0.1, -0.05) is 0 Å². The number of likely N-dealkylation sites (tertiary alicyclic amines) is 1. The van der Waals surface area contributed by atoms with Gasteiger partial charge in [0.15, 0.2) is 0 Å². The van der Waals surface area contributed by atoms with Gasteiger partial charge in [-0.15, -0.1) is 0 Å². The second-order valence-electron chi connectivity index (χ2n) is 4.67. The molecule has 1 fully saturated rings. The Kier molecular flexibility index (Phi) is 5.13. The summed E-state index contributed by atoms with van der Waals surface area (Å²) in [5.41, 5.74) is 0. The lowest BCUT2D eigenvalue weighted by atomic mass is 10.0. The number of nitrogens with zero attached hydrogens (tertiary/aromatic N) is 1. The van der Waals surface area contributed by atoms with Gasteiger partial charge >= 0.3 is 5.97 Å². The van der Waals surface area contributed by atoms with Crippen LogP contribution in [0.4, 0.5) is 0 Å². The Labute approximate surface area is 107 Å². The van der Waals surface area contributed by atoms with Gasteiger partial charge in [-0.25, -0.2) is 13.2 Å². The molecule has 1 amide bonds. The maximum Gasteiger partial charge on any atom is 0.326 e. The average molecular weight is 277 g/mol. The maximum absolute atomic E-state index is 11.9. The Morgan fingerprint density at radius 3 is 2.56 bits per heavy atom. The number of aliphatic carboxylic acids is 1. The van der Waals surface area contributed by atoms with E-state index in [9.17, 15) is 18.0 Å². The van der Waals surface area contributed by atoms with Crippen molar-refractivity contribution in [2.45, 2.75) is 38.1 Å². The van der Waals surface area contributed by atoms with E-state index >= 15 is 0 Å². The lowest BCUT2D eigenvalue weighted by Crippen LogP contribution is -2.48. The van der Waals surface area contributed by atoms with E-state index in [1.54, 1.807) is 0 Å². The fraction of sp³-hybridized carbons (Fsp3) is 0.818. The van der Waals surface area contributed by atoms with E-state index in [-0.39, 0.29) is 24.5 Å². The van der Waals surface area contributed by atoms with Crippen molar-refractivity contribution in [2.24, 2.45) is 0 Å². The van der Waals surface area contributed by atoms with Crippen LogP contribution in [0.25, 0.3) is 0 Å². The smallest absolute Gasteiger partial charge is 0.326 e. The summed E-state index contributed by atoms with van der Waals surface area (Å²) in [6.07, 6.45) is 3.56. The Bertz CT molecular complexity index is 417. The normalized spacial score (nSPS) is 20.7. The van der Waals surface area contributed by atoms with Gasteiger partial charge in [0, 0.05) is 19.2 Å². The molecule has 0 aliphatic carbocycles. The molecule has 1 heterocycles. The third-order valence-electron chi connectivity index (χ3n) is 3.01. The monoisotopic (exact) mass is 277 g/mol. The SMILES string of the molecule is CS(=O)(=O)CCCC(=O)N1CCCC[C@@H]1C(=O)O. The van der Waals surface area contributed by atoms with Crippen molar-refractivity contribution in [1.82, 2.24) is 4.90 Å². The van der Waals surface area contributed by atoms with Crippen molar-refractivity contribution in [3.05, 3.63) is 0 Å². The minimum Gasteiger partial charge on any atom is -0.480 e. The quantitative estimate of drug-likeness (QED) is 0.779.